The SMILES string of the molecule is COC(=O)c1cnc(SCc2ccccc2)nc1. The van der Waals surface area contributed by atoms with Gasteiger partial charge in [-0.05, 0) is 5.56 Å². The van der Waals surface area contributed by atoms with Crippen LogP contribution < -0.4 is 0 Å². The van der Waals surface area contributed by atoms with E-state index in [9.17, 15) is 4.79 Å². The Bertz CT molecular complexity index is 514. The van der Waals surface area contributed by atoms with Crippen molar-refractivity contribution < 1.29 is 9.53 Å². The van der Waals surface area contributed by atoms with Gasteiger partial charge >= 0.3 is 5.97 Å². The Kier molecular flexibility index (Phi) is 4.30. The van der Waals surface area contributed by atoms with Crippen LogP contribution in [0.5, 0.6) is 0 Å². The highest BCUT2D eigenvalue weighted by molar-refractivity contribution is 7.98. The van der Waals surface area contributed by atoms with Gasteiger partial charge < -0.3 is 4.74 Å². The van der Waals surface area contributed by atoms with Gasteiger partial charge in [0.15, 0.2) is 5.16 Å². The highest BCUT2D eigenvalue weighted by atomic mass is 32.2. The lowest BCUT2D eigenvalue weighted by molar-refractivity contribution is 0.0599. The molecule has 0 unspecified atom stereocenters. The Morgan fingerprint density at radius 3 is 2.50 bits per heavy atom. The molecule has 0 saturated heterocycles. The molecule has 0 N–H and O–H groups in total. The summed E-state index contributed by atoms with van der Waals surface area (Å²) in [5.74, 6) is 0.382. The zero-order valence-corrected chi connectivity index (χ0v) is 10.7. The molecule has 92 valence electrons. The molecule has 0 aliphatic heterocycles. The molecule has 2 rings (SSSR count). The average Bonchev–Trinajstić information content (AvgIpc) is 2.46. The molecule has 4 nitrogen and oxygen atoms in total. The minimum atomic E-state index is -0.422. The van der Waals surface area contributed by atoms with Crippen molar-refractivity contribution >= 4 is 17.7 Å². The molecule has 0 aliphatic carbocycles. The number of esters is 1. The highest BCUT2D eigenvalue weighted by Crippen LogP contribution is 2.18. The van der Waals surface area contributed by atoms with E-state index in [-0.39, 0.29) is 0 Å². The number of aromatic nitrogens is 2. The first-order valence-electron chi connectivity index (χ1n) is 5.36. The minimum Gasteiger partial charge on any atom is -0.465 e. The summed E-state index contributed by atoms with van der Waals surface area (Å²) < 4.78 is 4.58. The number of hydrogen-bond donors (Lipinski definition) is 0. The highest BCUT2D eigenvalue weighted by Gasteiger charge is 2.06. The number of carbonyl (C=O) groups excluding carboxylic acids is 1. The standard InChI is InChI=1S/C13H12N2O2S/c1-17-12(16)11-7-14-13(15-8-11)18-9-10-5-3-2-4-6-10/h2-8H,9H2,1H3. The molecule has 5 heteroatoms. The van der Waals surface area contributed by atoms with Gasteiger partial charge in [-0.2, -0.15) is 0 Å². The zero-order valence-electron chi connectivity index (χ0n) is 9.87. The Morgan fingerprint density at radius 2 is 1.89 bits per heavy atom. The van der Waals surface area contributed by atoms with Crippen molar-refractivity contribution in [1.29, 1.82) is 0 Å². The third-order valence-corrected chi connectivity index (χ3v) is 3.21. The third-order valence-electron chi connectivity index (χ3n) is 2.26. The monoisotopic (exact) mass is 260 g/mol. The Balaban J connectivity index is 1.97. The second-order valence-electron chi connectivity index (χ2n) is 3.52. The maximum absolute atomic E-state index is 11.2. The number of carbonyl (C=O) groups is 1. The summed E-state index contributed by atoms with van der Waals surface area (Å²) in [5.41, 5.74) is 1.57. The van der Waals surface area contributed by atoms with Crippen LogP contribution in [0.2, 0.25) is 0 Å². The first-order valence-corrected chi connectivity index (χ1v) is 6.35. The van der Waals surface area contributed by atoms with Crippen LogP contribution in [0.25, 0.3) is 0 Å². The van der Waals surface area contributed by atoms with Gasteiger partial charge in [-0.1, -0.05) is 42.1 Å². The lowest BCUT2D eigenvalue weighted by Gasteiger charge is -2.01. The molecule has 2 aromatic rings. The van der Waals surface area contributed by atoms with Crippen LogP contribution in [-0.2, 0) is 10.5 Å². The first kappa shape index (κ1) is 12.6. The molecule has 0 bridgehead atoms. The molecule has 0 radical (unpaired) electrons. The number of benzene rings is 1. The largest absolute Gasteiger partial charge is 0.465 e. The molecule has 0 amide bonds. The Hall–Kier alpha value is -1.88. The Morgan fingerprint density at radius 1 is 1.22 bits per heavy atom. The molecule has 1 heterocycles. The van der Waals surface area contributed by atoms with Crippen LogP contribution in [0.3, 0.4) is 0 Å². The fourth-order valence-corrected chi connectivity index (χ4v) is 2.08. The molecule has 0 atom stereocenters. The second kappa shape index (κ2) is 6.16. The number of nitrogens with zero attached hydrogens (tertiary/aromatic N) is 2. The van der Waals surface area contributed by atoms with Crippen LogP contribution in [0.15, 0.2) is 47.9 Å². The molecule has 0 saturated carbocycles. The van der Waals surface area contributed by atoms with Crippen LogP contribution in [-0.4, -0.2) is 23.0 Å². The van der Waals surface area contributed by atoms with E-state index >= 15 is 0 Å². The maximum atomic E-state index is 11.2. The number of ether oxygens (including phenoxy) is 1. The van der Waals surface area contributed by atoms with Crippen molar-refractivity contribution in [3.05, 3.63) is 53.9 Å². The summed E-state index contributed by atoms with van der Waals surface area (Å²) in [7, 11) is 1.33. The van der Waals surface area contributed by atoms with Gasteiger partial charge in [-0.15, -0.1) is 0 Å². The van der Waals surface area contributed by atoms with Crippen LogP contribution >= 0.6 is 11.8 Å². The molecule has 0 spiro atoms. The van der Waals surface area contributed by atoms with E-state index in [2.05, 4.69) is 26.8 Å². The van der Waals surface area contributed by atoms with Crippen LogP contribution in [0.1, 0.15) is 15.9 Å². The van der Waals surface area contributed by atoms with Crippen molar-refractivity contribution in [2.45, 2.75) is 10.9 Å². The lowest BCUT2D eigenvalue weighted by Crippen LogP contribution is -2.02. The molecule has 18 heavy (non-hydrogen) atoms. The second-order valence-corrected chi connectivity index (χ2v) is 4.46. The Labute approximate surface area is 109 Å². The summed E-state index contributed by atoms with van der Waals surface area (Å²) in [6, 6.07) is 10.1. The van der Waals surface area contributed by atoms with Gasteiger partial charge in [0.1, 0.15) is 0 Å². The lowest BCUT2D eigenvalue weighted by atomic mass is 10.2. The van der Waals surface area contributed by atoms with E-state index in [0.29, 0.717) is 10.7 Å². The quantitative estimate of drug-likeness (QED) is 0.480. The third kappa shape index (κ3) is 3.30. The summed E-state index contributed by atoms with van der Waals surface area (Å²) >= 11 is 1.53. The molecule has 1 aromatic heterocycles. The first-order chi connectivity index (χ1) is 8.79. The van der Waals surface area contributed by atoms with E-state index in [4.69, 9.17) is 0 Å². The summed E-state index contributed by atoms with van der Waals surface area (Å²) in [5, 5.41) is 0.645. The molecule has 1 aromatic carbocycles. The maximum Gasteiger partial charge on any atom is 0.341 e. The molecule has 0 aliphatic rings. The van der Waals surface area contributed by atoms with E-state index in [1.54, 1.807) is 0 Å². The van der Waals surface area contributed by atoms with Crippen LogP contribution in [0.4, 0.5) is 0 Å². The summed E-state index contributed by atoms with van der Waals surface area (Å²) in [6.45, 7) is 0. The fraction of sp³-hybridized carbons (Fsp3) is 0.154. The van der Waals surface area contributed by atoms with Crippen LogP contribution in [0, 0.1) is 0 Å². The predicted octanol–water partition coefficient (Wildman–Crippen LogP) is 2.56. The summed E-state index contributed by atoms with van der Waals surface area (Å²) in [6.07, 6.45) is 2.96. The van der Waals surface area contributed by atoms with E-state index in [1.165, 1.54) is 36.8 Å². The minimum absolute atomic E-state index is 0.363. The van der Waals surface area contributed by atoms with Gasteiger partial charge in [0.2, 0.25) is 0 Å². The number of methoxy groups -OCH3 is 1. The number of thioether (sulfide) groups is 1. The van der Waals surface area contributed by atoms with Gasteiger partial charge in [0.25, 0.3) is 0 Å². The van der Waals surface area contributed by atoms with Gasteiger partial charge in [0.05, 0.1) is 12.7 Å². The van der Waals surface area contributed by atoms with E-state index < -0.39 is 5.97 Å². The van der Waals surface area contributed by atoms with E-state index in [0.717, 1.165) is 5.75 Å². The topological polar surface area (TPSA) is 52.1 Å². The number of rotatable bonds is 4. The molecular formula is C13H12N2O2S. The van der Waals surface area contributed by atoms with Crippen molar-refractivity contribution in [1.82, 2.24) is 9.97 Å². The van der Waals surface area contributed by atoms with Gasteiger partial charge in [0, 0.05) is 18.1 Å². The summed E-state index contributed by atoms with van der Waals surface area (Å²) in [4.78, 5) is 19.4. The number of hydrogen-bond acceptors (Lipinski definition) is 5. The average molecular weight is 260 g/mol. The normalized spacial score (nSPS) is 10.1. The smallest absolute Gasteiger partial charge is 0.341 e. The van der Waals surface area contributed by atoms with Gasteiger partial charge in [-0.3, -0.25) is 0 Å². The van der Waals surface area contributed by atoms with Crippen molar-refractivity contribution in [2.24, 2.45) is 0 Å². The van der Waals surface area contributed by atoms with Crippen molar-refractivity contribution in [3.63, 3.8) is 0 Å². The van der Waals surface area contributed by atoms with Crippen molar-refractivity contribution in [2.75, 3.05) is 7.11 Å². The van der Waals surface area contributed by atoms with E-state index in [1.807, 2.05) is 18.2 Å². The predicted molar refractivity (Wildman–Crippen MR) is 69.4 cm³/mol. The van der Waals surface area contributed by atoms with Gasteiger partial charge in [-0.25, -0.2) is 14.8 Å². The fourth-order valence-electron chi connectivity index (χ4n) is 1.34. The molecule has 0 fully saturated rings. The van der Waals surface area contributed by atoms with Crippen molar-refractivity contribution in [3.8, 4) is 0 Å². The zero-order chi connectivity index (χ0) is 12.8. The molecular weight excluding hydrogens is 248 g/mol.